The van der Waals surface area contributed by atoms with Gasteiger partial charge in [0.15, 0.2) is 0 Å². The van der Waals surface area contributed by atoms with E-state index >= 15 is 0 Å². The molecule has 5 heteroatoms. The third kappa shape index (κ3) is 1.35. The van der Waals surface area contributed by atoms with Gasteiger partial charge in [0, 0.05) is 18.6 Å². The standard InChI is InChI=1S/C8H9N5/c1-7-4-13(6-11-7)8(9)12-3-2-10-5-12/h2-6,9H,1H3. The molecule has 0 fully saturated rings. The number of imidazole rings is 2. The second-order valence-corrected chi connectivity index (χ2v) is 2.72. The zero-order valence-electron chi connectivity index (χ0n) is 7.18. The zero-order chi connectivity index (χ0) is 9.26. The third-order valence-corrected chi connectivity index (χ3v) is 1.71. The van der Waals surface area contributed by atoms with Crippen molar-refractivity contribution in [3.63, 3.8) is 0 Å². The highest BCUT2D eigenvalue weighted by Crippen LogP contribution is 1.95. The fraction of sp³-hybridized carbons (Fsp3) is 0.125. The van der Waals surface area contributed by atoms with Gasteiger partial charge >= 0.3 is 0 Å². The molecule has 0 bridgehead atoms. The van der Waals surface area contributed by atoms with Crippen LogP contribution in [0.4, 0.5) is 0 Å². The number of nitrogens with one attached hydrogen (secondary N) is 1. The van der Waals surface area contributed by atoms with Gasteiger partial charge in [-0.15, -0.1) is 0 Å². The van der Waals surface area contributed by atoms with Crippen molar-refractivity contribution in [3.8, 4) is 0 Å². The van der Waals surface area contributed by atoms with E-state index in [1.54, 1.807) is 40.4 Å². The van der Waals surface area contributed by atoms with Gasteiger partial charge in [-0.3, -0.25) is 14.5 Å². The Morgan fingerprint density at radius 3 is 2.77 bits per heavy atom. The van der Waals surface area contributed by atoms with Crippen molar-refractivity contribution in [2.24, 2.45) is 0 Å². The van der Waals surface area contributed by atoms with Crippen LogP contribution in [0.1, 0.15) is 5.69 Å². The van der Waals surface area contributed by atoms with Gasteiger partial charge in [0.1, 0.15) is 12.7 Å². The second-order valence-electron chi connectivity index (χ2n) is 2.72. The van der Waals surface area contributed by atoms with E-state index in [1.165, 1.54) is 0 Å². The molecule has 1 N–H and O–H groups in total. The minimum atomic E-state index is 0.318. The van der Waals surface area contributed by atoms with Gasteiger partial charge in [0.2, 0.25) is 5.96 Å². The van der Waals surface area contributed by atoms with Crippen molar-refractivity contribution in [2.75, 3.05) is 0 Å². The summed E-state index contributed by atoms with van der Waals surface area (Å²) in [5.74, 6) is 0.318. The molecule has 0 aliphatic heterocycles. The van der Waals surface area contributed by atoms with Gasteiger partial charge in [-0.25, -0.2) is 9.97 Å². The average molecular weight is 175 g/mol. The molecular formula is C8H9N5. The van der Waals surface area contributed by atoms with Gasteiger partial charge in [0.05, 0.1) is 5.69 Å². The highest BCUT2D eigenvalue weighted by Gasteiger charge is 2.01. The normalized spacial score (nSPS) is 10.2. The molecule has 0 aliphatic carbocycles. The maximum absolute atomic E-state index is 7.75. The van der Waals surface area contributed by atoms with Gasteiger partial charge in [-0.05, 0) is 6.92 Å². The van der Waals surface area contributed by atoms with Gasteiger partial charge < -0.3 is 0 Å². The first-order valence-electron chi connectivity index (χ1n) is 3.85. The first-order chi connectivity index (χ1) is 6.27. The Morgan fingerprint density at radius 1 is 1.38 bits per heavy atom. The van der Waals surface area contributed by atoms with Crippen molar-refractivity contribution >= 4 is 5.96 Å². The highest BCUT2D eigenvalue weighted by molar-refractivity contribution is 5.81. The van der Waals surface area contributed by atoms with E-state index in [1.807, 2.05) is 6.92 Å². The van der Waals surface area contributed by atoms with Crippen LogP contribution in [0.5, 0.6) is 0 Å². The van der Waals surface area contributed by atoms with Gasteiger partial charge in [-0.1, -0.05) is 0 Å². The Balaban J connectivity index is 2.33. The van der Waals surface area contributed by atoms with Crippen LogP contribution in [0.15, 0.2) is 31.2 Å². The number of nitrogens with zero attached hydrogens (tertiary/aromatic N) is 4. The quantitative estimate of drug-likeness (QED) is 0.473. The van der Waals surface area contributed by atoms with Crippen molar-refractivity contribution in [1.82, 2.24) is 19.1 Å². The average Bonchev–Trinajstić information content (AvgIpc) is 2.72. The SMILES string of the molecule is Cc1cn(C(=N)n2ccnc2)cn1. The maximum atomic E-state index is 7.75. The van der Waals surface area contributed by atoms with Crippen molar-refractivity contribution in [3.05, 3.63) is 36.9 Å². The smallest absolute Gasteiger partial charge is 0.212 e. The molecule has 0 spiro atoms. The van der Waals surface area contributed by atoms with Crippen LogP contribution in [-0.2, 0) is 0 Å². The molecule has 5 nitrogen and oxygen atoms in total. The predicted molar refractivity (Wildman–Crippen MR) is 47.7 cm³/mol. The molecule has 0 radical (unpaired) electrons. The Bertz CT molecular complexity index is 411. The number of hydrogen-bond donors (Lipinski definition) is 1. The van der Waals surface area contributed by atoms with Crippen LogP contribution in [0.2, 0.25) is 0 Å². The molecular weight excluding hydrogens is 166 g/mol. The monoisotopic (exact) mass is 175 g/mol. The van der Waals surface area contributed by atoms with Crippen molar-refractivity contribution < 1.29 is 0 Å². The molecule has 2 aromatic heterocycles. The molecule has 0 unspecified atom stereocenters. The molecule has 0 aromatic carbocycles. The van der Waals surface area contributed by atoms with E-state index in [-0.39, 0.29) is 0 Å². The third-order valence-electron chi connectivity index (χ3n) is 1.71. The summed E-state index contributed by atoms with van der Waals surface area (Å²) in [6.07, 6.45) is 8.34. The van der Waals surface area contributed by atoms with E-state index < -0.39 is 0 Å². The number of rotatable bonds is 0. The summed E-state index contributed by atoms with van der Waals surface area (Å²) < 4.78 is 3.25. The highest BCUT2D eigenvalue weighted by atomic mass is 15.2. The molecule has 66 valence electrons. The Labute approximate surface area is 75.2 Å². The van der Waals surface area contributed by atoms with Crippen molar-refractivity contribution in [2.45, 2.75) is 6.92 Å². The maximum Gasteiger partial charge on any atom is 0.212 e. The summed E-state index contributed by atoms with van der Waals surface area (Å²) in [6.45, 7) is 1.89. The molecule has 2 rings (SSSR count). The second kappa shape index (κ2) is 2.85. The lowest BCUT2D eigenvalue weighted by atomic mass is 10.6. The fourth-order valence-corrected chi connectivity index (χ4v) is 1.05. The van der Waals surface area contributed by atoms with E-state index in [0.717, 1.165) is 5.69 Å². The lowest BCUT2D eigenvalue weighted by molar-refractivity contribution is 0.971. The van der Waals surface area contributed by atoms with E-state index in [0.29, 0.717) is 5.96 Å². The molecule has 0 saturated carbocycles. The predicted octanol–water partition coefficient (Wildman–Crippen LogP) is 0.719. The summed E-state index contributed by atoms with van der Waals surface area (Å²) in [5, 5.41) is 7.75. The topological polar surface area (TPSA) is 59.5 Å². The molecule has 0 aliphatic rings. The number of aryl methyl sites for hydroxylation is 1. The Hall–Kier alpha value is -1.91. The molecule has 0 saturated heterocycles. The molecule has 2 aromatic rings. The summed E-state index contributed by atoms with van der Waals surface area (Å²) in [4.78, 5) is 7.90. The van der Waals surface area contributed by atoms with E-state index in [9.17, 15) is 0 Å². The number of hydrogen-bond acceptors (Lipinski definition) is 3. The summed E-state index contributed by atoms with van der Waals surface area (Å²) in [6, 6.07) is 0. The lowest BCUT2D eigenvalue weighted by Gasteiger charge is -2.02. The van der Waals surface area contributed by atoms with Crippen molar-refractivity contribution in [1.29, 1.82) is 5.41 Å². The Morgan fingerprint density at radius 2 is 2.23 bits per heavy atom. The van der Waals surface area contributed by atoms with E-state index in [2.05, 4.69) is 9.97 Å². The molecule has 2 heterocycles. The van der Waals surface area contributed by atoms with Crippen LogP contribution in [0.3, 0.4) is 0 Å². The van der Waals surface area contributed by atoms with Crippen LogP contribution < -0.4 is 0 Å². The largest absolute Gasteiger partial charge is 0.276 e. The summed E-state index contributed by atoms with van der Waals surface area (Å²) in [7, 11) is 0. The minimum Gasteiger partial charge on any atom is -0.276 e. The Kier molecular flexibility index (Phi) is 1.70. The summed E-state index contributed by atoms with van der Waals surface area (Å²) in [5.41, 5.74) is 0.893. The number of aromatic nitrogens is 4. The first-order valence-corrected chi connectivity index (χ1v) is 3.85. The fourth-order valence-electron chi connectivity index (χ4n) is 1.05. The van der Waals surface area contributed by atoms with Crippen LogP contribution in [0.25, 0.3) is 0 Å². The van der Waals surface area contributed by atoms with Crippen LogP contribution in [-0.4, -0.2) is 25.1 Å². The van der Waals surface area contributed by atoms with Gasteiger partial charge in [0.25, 0.3) is 0 Å². The minimum absolute atomic E-state index is 0.318. The molecule has 13 heavy (non-hydrogen) atoms. The first kappa shape index (κ1) is 7.72. The van der Waals surface area contributed by atoms with Crippen LogP contribution >= 0.6 is 0 Å². The van der Waals surface area contributed by atoms with Crippen LogP contribution in [0, 0.1) is 12.3 Å². The molecule has 0 amide bonds. The van der Waals surface area contributed by atoms with E-state index in [4.69, 9.17) is 5.41 Å². The summed E-state index contributed by atoms with van der Waals surface area (Å²) >= 11 is 0. The zero-order valence-corrected chi connectivity index (χ0v) is 7.18. The molecule has 0 atom stereocenters. The van der Waals surface area contributed by atoms with Gasteiger partial charge in [-0.2, -0.15) is 0 Å². The lowest BCUT2D eigenvalue weighted by Crippen LogP contribution is -2.16.